The van der Waals surface area contributed by atoms with Crippen LogP contribution in [0.4, 0.5) is 5.69 Å². The van der Waals surface area contributed by atoms with Crippen molar-refractivity contribution >= 4 is 5.69 Å². The van der Waals surface area contributed by atoms with E-state index in [2.05, 4.69) is 44.3 Å². The zero-order valence-electron chi connectivity index (χ0n) is 10.7. The molecule has 1 heterocycles. The molecule has 0 amide bonds. The molecule has 17 heavy (non-hydrogen) atoms. The van der Waals surface area contributed by atoms with Gasteiger partial charge in [0, 0.05) is 12.1 Å². The molecule has 0 aliphatic heterocycles. The summed E-state index contributed by atoms with van der Waals surface area (Å²) in [5.74, 6) is 2.03. The maximum absolute atomic E-state index is 5.66. The van der Waals surface area contributed by atoms with E-state index in [0.717, 1.165) is 24.5 Å². The van der Waals surface area contributed by atoms with Gasteiger partial charge in [0.25, 0.3) is 0 Å². The molecule has 0 spiro atoms. The van der Waals surface area contributed by atoms with Gasteiger partial charge in [-0.3, -0.25) is 0 Å². The first-order valence-corrected chi connectivity index (χ1v) is 6.07. The quantitative estimate of drug-likeness (QED) is 0.854. The summed E-state index contributed by atoms with van der Waals surface area (Å²) in [6.45, 7) is 7.07. The van der Waals surface area contributed by atoms with Crippen molar-refractivity contribution in [2.45, 2.75) is 33.7 Å². The van der Waals surface area contributed by atoms with Gasteiger partial charge in [-0.05, 0) is 37.6 Å². The summed E-state index contributed by atoms with van der Waals surface area (Å²) >= 11 is 0. The second-order valence-corrected chi connectivity index (χ2v) is 4.39. The molecule has 2 aromatic rings. The number of anilines is 1. The smallest absolute Gasteiger partial charge is 0.123 e. The van der Waals surface area contributed by atoms with Crippen LogP contribution in [-0.2, 0) is 13.0 Å². The molecule has 0 saturated heterocycles. The predicted molar refractivity (Wildman–Crippen MR) is 71.3 cm³/mol. The van der Waals surface area contributed by atoms with Crippen molar-refractivity contribution in [3.8, 4) is 0 Å². The molecule has 0 unspecified atom stereocenters. The predicted octanol–water partition coefficient (Wildman–Crippen LogP) is 4.07. The van der Waals surface area contributed by atoms with Crippen LogP contribution in [0.1, 0.15) is 29.6 Å². The molecular weight excluding hydrogens is 210 g/mol. The minimum Gasteiger partial charge on any atom is -0.464 e. The Balaban J connectivity index is 2.02. The van der Waals surface area contributed by atoms with Crippen LogP contribution in [0, 0.1) is 13.8 Å². The first-order valence-electron chi connectivity index (χ1n) is 6.07. The molecule has 0 saturated carbocycles. The van der Waals surface area contributed by atoms with E-state index in [0.29, 0.717) is 0 Å². The average Bonchev–Trinajstić information content (AvgIpc) is 2.76. The Hall–Kier alpha value is -1.70. The van der Waals surface area contributed by atoms with Gasteiger partial charge in [0.2, 0.25) is 0 Å². The van der Waals surface area contributed by atoms with E-state index in [9.17, 15) is 0 Å². The monoisotopic (exact) mass is 229 g/mol. The molecule has 1 aromatic carbocycles. The number of rotatable bonds is 4. The Morgan fingerprint density at radius 2 is 1.82 bits per heavy atom. The fraction of sp³-hybridized carbons (Fsp3) is 0.333. The summed E-state index contributed by atoms with van der Waals surface area (Å²) in [5.41, 5.74) is 3.73. The van der Waals surface area contributed by atoms with E-state index in [1.807, 2.05) is 12.1 Å². The molecule has 2 rings (SSSR count). The molecular formula is C15H19NO. The number of hydrogen-bond donors (Lipinski definition) is 1. The zero-order chi connectivity index (χ0) is 12.3. The molecule has 0 atom stereocenters. The van der Waals surface area contributed by atoms with Gasteiger partial charge in [0.15, 0.2) is 0 Å². The molecule has 2 nitrogen and oxygen atoms in total. The Bertz CT molecular complexity index is 499. The third-order valence-electron chi connectivity index (χ3n) is 2.90. The maximum atomic E-state index is 5.66. The number of hydrogen-bond acceptors (Lipinski definition) is 2. The van der Waals surface area contributed by atoms with E-state index in [4.69, 9.17) is 4.42 Å². The van der Waals surface area contributed by atoms with Crippen LogP contribution in [0.25, 0.3) is 0 Å². The number of benzene rings is 1. The summed E-state index contributed by atoms with van der Waals surface area (Å²) in [6, 6.07) is 10.5. The first kappa shape index (κ1) is 11.8. The fourth-order valence-electron chi connectivity index (χ4n) is 1.90. The second-order valence-electron chi connectivity index (χ2n) is 4.39. The normalized spacial score (nSPS) is 10.5. The van der Waals surface area contributed by atoms with E-state index in [1.54, 1.807) is 0 Å². The van der Waals surface area contributed by atoms with Crippen LogP contribution >= 0.6 is 0 Å². The maximum Gasteiger partial charge on any atom is 0.123 e. The van der Waals surface area contributed by atoms with Crippen LogP contribution in [0.5, 0.6) is 0 Å². The van der Waals surface area contributed by atoms with E-state index >= 15 is 0 Å². The third-order valence-corrected chi connectivity index (χ3v) is 2.90. The topological polar surface area (TPSA) is 25.2 Å². The zero-order valence-corrected chi connectivity index (χ0v) is 10.7. The highest BCUT2D eigenvalue weighted by atomic mass is 16.3. The number of furan rings is 1. The van der Waals surface area contributed by atoms with Gasteiger partial charge in [-0.2, -0.15) is 0 Å². The molecule has 1 N–H and O–H groups in total. The molecule has 0 radical (unpaired) electrons. The molecule has 0 aliphatic rings. The van der Waals surface area contributed by atoms with Gasteiger partial charge in [0.05, 0.1) is 6.54 Å². The summed E-state index contributed by atoms with van der Waals surface area (Å²) < 4.78 is 5.66. The lowest BCUT2D eigenvalue weighted by molar-refractivity contribution is 0.476. The molecule has 90 valence electrons. The first-order chi connectivity index (χ1) is 8.19. The number of nitrogens with one attached hydrogen (secondary N) is 1. The minimum absolute atomic E-state index is 0.740. The van der Waals surface area contributed by atoms with Crippen molar-refractivity contribution in [2.75, 3.05) is 5.32 Å². The Morgan fingerprint density at radius 1 is 1.06 bits per heavy atom. The van der Waals surface area contributed by atoms with E-state index in [1.165, 1.54) is 16.8 Å². The fourth-order valence-corrected chi connectivity index (χ4v) is 1.90. The highest BCUT2D eigenvalue weighted by molar-refractivity contribution is 5.51. The lowest BCUT2D eigenvalue weighted by Crippen LogP contribution is -2.00. The van der Waals surface area contributed by atoms with Crippen molar-refractivity contribution < 1.29 is 4.42 Å². The van der Waals surface area contributed by atoms with Crippen LogP contribution in [-0.4, -0.2) is 0 Å². The minimum atomic E-state index is 0.740. The Labute approximate surface area is 103 Å². The van der Waals surface area contributed by atoms with Gasteiger partial charge in [0.1, 0.15) is 11.5 Å². The summed E-state index contributed by atoms with van der Waals surface area (Å²) in [4.78, 5) is 0. The molecule has 0 fully saturated rings. The highest BCUT2D eigenvalue weighted by Gasteiger charge is 2.02. The van der Waals surface area contributed by atoms with Crippen molar-refractivity contribution in [1.29, 1.82) is 0 Å². The van der Waals surface area contributed by atoms with Gasteiger partial charge >= 0.3 is 0 Å². The number of aryl methyl sites for hydroxylation is 3. The standard InChI is InChI=1S/C15H19NO/c1-4-13-6-7-14(17-13)10-16-15-8-5-11(2)9-12(15)3/h5-9,16H,4,10H2,1-3H3. The van der Waals surface area contributed by atoms with Crippen LogP contribution in [0.3, 0.4) is 0 Å². The largest absolute Gasteiger partial charge is 0.464 e. The van der Waals surface area contributed by atoms with Crippen molar-refractivity contribution in [1.82, 2.24) is 0 Å². The SMILES string of the molecule is CCc1ccc(CNc2ccc(C)cc2C)o1. The second kappa shape index (κ2) is 5.09. The average molecular weight is 229 g/mol. The van der Waals surface area contributed by atoms with Crippen LogP contribution in [0.2, 0.25) is 0 Å². The lowest BCUT2D eigenvalue weighted by Gasteiger charge is -2.08. The third kappa shape index (κ3) is 2.90. The summed E-state index contributed by atoms with van der Waals surface area (Å²) in [5, 5.41) is 3.40. The lowest BCUT2D eigenvalue weighted by atomic mass is 10.1. The Morgan fingerprint density at radius 3 is 2.47 bits per heavy atom. The van der Waals surface area contributed by atoms with Crippen LogP contribution in [0.15, 0.2) is 34.7 Å². The van der Waals surface area contributed by atoms with Gasteiger partial charge < -0.3 is 9.73 Å². The summed E-state index contributed by atoms with van der Waals surface area (Å²) in [6.07, 6.45) is 0.948. The van der Waals surface area contributed by atoms with Crippen molar-refractivity contribution in [2.24, 2.45) is 0 Å². The van der Waals surface area contributed by atoms with Gasteiger partial charge in [-0.25, -0.2) is 0 Å². The highest BCUT2D eigenvalue weighted by Crippen LogP contribution is 2.17. The van der Waals surface area contributed by atoms with Gasteiger partial charge in [-0.15, -0.1) is 0 Å². The molecule has 0 bridgehead atoms. The summed E-state index contributed by atoms with van der Waals surface area (Å²) in [7, 11) is 0. The molecule has 1 aromatic heterocycles. The Kier molecular flexibility index (Phi) is 3.52. The van der Waals surface area contributed by atoms with Gasteiger partial charge in [-0.1, -0.05) is 24.6 Å². The van der Waals surface area contributed by atoms with Crippen molar-refractivity contribution in [3.63, 3.8) is 0 Å². The van der Waals surface area contributed by atoms with E-state index < -0.39 is 0 Å². The molecule has 0 aliphatic carbocycles. The van der Waals surface area contributed by atoms with E-state index in [-0.39, 0.29) is 0 Å². The van der Waals surface area contributed by atoms with Crippen LogP contribution < -0.4 is 5.32 Å². The van der Waals surface area contributed by atoms with Crippen molar-refractivity contribution in [3.05, 3.63) is 53.0 Å². The molecule has 2 heteroatoms.